The molecule has 1 unspecified atom stereocenters. The normalized spacial score (nSPS) is 13.4. The van der Waals surface area contributed by atoms with Gasteiger partial charge in [-0.1, -0.05) is 20.8 Å². The zero-order chi connectivity index (χ0) is 14.0. The molecule has 0 spiro atoms. The van der Waals surface area contributed by atoms with Gasteiger partial charge in [0.25, 0.3) is 0 Å². The summed E-state index contributed by atoms with van der Waals surface area (Å²) in [4.78, 5) is 11.3. The highest BCUT2D eigenvalue weighted by Crippen LogP contribution is 2.25. The van der Waals surface area contributed by atoms with Crippen LogP contribution in [0.15, 0.2) is 27.2 Å². The smallest absolute Gasteiger partial charge is 0.316 e. The van der Waals surface area contributed by atoms with Crippen molar-refractivity contribution in [3.05, 3.63) is 35.9 Å². The molecule has 1 N–H and O–H groups in total. The molecular weight excluding hydrogens is 248 g/mol. The largest absolute Gasteiger partial charge is 0.481 e. The summed E-state index contributed by atoms with van der Waals surface area (Å²) in [5.74, 6) is -0.805. The summed E-state index contributed by atoms with van der Waals surface area (Å²) in [6.07, 6.45) is 1.69. The van der Waals surface area contributed by atoms with Crippen LogP contribution in [0.3, 0.4) is 0 Å². The van der Waals surface area contributed by atoms with Gasteiger partial charge in [-0.05, 0) is 12.1 Å². The van der Waals surface area contributed by atoms with Crippen LogP contribution in [0.1, 0.15) is 44.2 Å². The van der Waals surface area contributed by atoms with Crippen LogP contribution in [0.4, 0.5) is 0 Å². The average molecular weight is 264 g/mol. The number of aromatic nitrogens is 2. The van der Waals surface area contributed by atoms with Gasteiger partial charge in [0.2, 0.25) is 11.8 Å². The van der Waals surface area contributed by atoms with Crippen LogP contribution in [0.5, 0.6) is 0 Å². The van der Waals surface area contributed by atoms with Gasteiger partial charge in [0.1, 0.15) is 11.7 Å². The number of aliphatic carboxylic acids is 1. The maximum atomic E-state index is 11.3. The summed E-state index contributed by atoms with van der Waals surface area (Å²) in [6, 6.07) is 3.43. The topological polar surface area (TPSA) is 89.4 Å². The standard InChI is InChI=1S/C13H16N2O4/c1-13(2,3)12-15-14-10(19-12)9(11(16)17)7-8-5-4-6-18-8/h4-6,9H,7H2,1-3H3,(H,16,17). The fourth-order valence-corrected chi connectivity index (χ4v) is 1.59. The summed E-state index contributed by atoms with van der Waals surface area (Å²) < 4.78 is 10.6. The van der Waals surface area contributed by atoms with Crippen molar-refractivity contribution in [2.24, 2.45) is 0 Å². The van der Waals surface area contributed by atoms with Crippen LogP contribution < -0.4 is 0 Å². The van der Waals surface area contributed by atoms with Gasteiger partial charge in [0, 0.05) is 11.8 Å². The van der Waals surface area contributed by atoms with Gasteiger partial charge < -0.3 is 13.9 Å². The second kappa shape index (κ2) is 4.87. The summed E-state index contributed by atoms with van der Waals surface area (Å²) in [5, 5.41) is 17.0. The van der Waals surface area contributed by atoms with Crippen LogP contribution in [0.2, 0.25) is 0 Å². The van der Waals surface area contributed by atoms with Gasteiger partial charge >= 0.3 is 5.97 Å². The molecule has 6 heteroatoms. The lowest BCUT2D eigenvalue weighted by atomic mass is 9.97. The lowest BCUT2D eigenvalue weighted by Gasteiger charge is -2.11. The number of hydrogen-bond donors (Lipinski definition) is 1. The SMILES string of the molecule is CC(C)(C)c1nnc(C(Cc2ccco2)C(=O)O)o1. The zero-order valence-corrected chi connectivity index (χ0v) is 11.1. The summed E-state index contributed by atoms with van der Waals surface area (Å²) in [6.45, 7) is 5.77. The molecule has 0 saturated carbocycles. The predicted molar refractivity (Wildman–Crippen MR) is 65.8 cm³/mol. The van der Waals surface area contributed by atoms with Gasteiger partial charge in [0.15, 0.2) is 0 Å². The van der Waals surface area contributed by atoms with E-state index in [9.17, 15) is 9.90 Å². The Morgan fingerprint density at radius 1 is 1.42 bits per heavy atom. The van der Waals surface area contributed by atoms with Crippen molar-refractivity contribution in [2.75, 3.05) is 0 Å². The highest BCUT2D eigenvalue weighted by Gasteiger charge is 2.30. The molecule has 2 heterocycles. The quantitative estimate of drug-likeness (QED) is 0.911. The van der Waals surface area contributed by atoms with Gasteiger partial charge in [-0.2, -0.15) is 0 Å². The molecule has 0 bridgehead atoms. The van der Waals surface area contributed by atoms with Crippen molar-refractivity contribution in [1.29, 1.82) is 0 Å². The molecule has 0 fully saturated rings. The molecule has 1 atom stereocenters. The van der Waals surface area contributed by atoms with E-state index >= 15 is 0 Å². The van der Waals surface area contributed by atoms with E-state index in [2.05, 4.69) is 10.2 Å². The zero-order valence-electron chi connectivity index (χ0n) is 11.1. The first-order valence-corrected chi connectivity index (χ1v) is 5.97. The summed E-state index contributed by atoms with van der Waals surface area (Å²) in [7, 11) is 0. The fourth-order valence-electron chi connectivity index (χ4n) is 1.59. The summed E-state index contributed by atoms with van der Waals surface area (Å²) in [5.41, 5.74) is -0.307. The van der Waals surface area contributed by atoms with E-state index in [4.69, 9.17) is 8.83 Å². The molecule has 0 aliphatic carbocycles. The molecule has 0 saturated heterocycles. The van der Waals surface area contributed by atoms with Gasteiger partial charge in [-0.15, -0.1) is 10.2 Å². The van der Waals surface area contributed by atoms with Crippen LogP contribution in [0.25, 0.3) is 0 Å². The van der Waals surface area contributed by atoms with Crippen molar-refractivity contribution in [2.45, 2.75) is 38.5 Å². The third-order valence-electron chi connectivity index (χ3n) is 2.66. The first kappa shape index (κ1) is 13.3. The molecule has 0 aromatic carbocycles. The van der Waals surface area contributed by atoms with E-state index in [0.29, 0.717) is 11.7 Å². The number of carboxylic acids is 1. The van der Waals surface area contributed by atoms with E-state index in [1.54, 1.807) is 12.1 Å². The van der Waals surface area contributed by atoms with E-state index in [1.807, 2.05) is 20.8 Å². The van der Waals surface area contributed by atoms with E-state index in [0.717, 1.165) is 0 Å². The Morgan fingerprint density at radius 2 is 2.16 bits per heavy atom. The van der Waals surface area contributed by atoms with Crippen LogP contribution in [-0.2, 0) is 16.6 Å². The number of furan rings is 1. The molecular formula is C13H16N2O4. The number of rotatable bonds is 4. The Kier molecular flexibility index (Phi) is 3.42. The van der Waals surface area contributed by atoms with Crippen LogP contribution in [0, 0.1) is 0 Å². The first-order valence-electron chi connectivity index (χ1n) is 5.97. The maximum absolute atomic E-state index is 11.3. The molecule has 6 nitrogen and oxygen atoms in total. The Hall–Kier alpha value is -2.11. The van der Waals surface area contributed by atoms with Gasteiger partial charge in [0.05, 0.1) is 6.26 Å². The third kappa shape index (κ3) is 3.01. The average Bonchev–Trinajstić information content (AvgIpc) is 2.95. The minimum Gasteiger partial charge on any atom is -0.481 e. The lowest BCUT2D eigenvalue weighted by Crippen LogP contribution is -2.15. The molecule has 2 aromatic rings. The third-order valence-corrected chi connectivity index (χ3v) is 2.66. The Bertz CT molecular complexity index is 551. The monoisotopic (exact) mass is 264 g/mol. The lowest BCUT2D eigenvalue weighted by molar-refractivity contribution is -0.139. The molecule has 2 aromatic heterocycles. The molecule has 0 aliphatic heterocycles. The number of hydrogen-bond acceptors (Lipinski definition) is 5. The van der Waals surface area contributed by atoms with Crippen molar-refractivity contribution in [1.82, 2.24) is 10.2 Å². The van der Waals surface area contributed by atoms with Crippen molar-refractivity contribution in [3.8, 4) is 0 Å². The van der Waals surface area contributed by atoms with Crippen molar-refractivity contribution >= 4 is 5.97 Å². The Labute approximate surface area is 110 Å². The van der Waals surface area contributed by atoms with Crippen molar-refractivity contribution in [3.63, 3.8) is 0 Å². The number of carboxylic acid groups (broad SMARTS) is 1. The molecule has 0 aliphatic rings. The highest BCUT2D eigenvalue weighted by atomic mass is 16.4. The van der Waals surface area contributed by atoms with E-state index in [-0.39, 0.29) is 17.7 Å². The van der Waals surface area contributed by atoms with E-state index < -0.39 is 11.9 Å². The molecule has 2 rings (SSSR count). The number of nitrogens with zero attached hydrogens (tertiary/aromatic N) is 2. The molecule has 0 amide bonds. The molecule has 19 heavy (non-hydrogen) atoms. The minimum absolute atomic E-state index is 0.105. The first-order chi connectivity index (χ1) is 8.88. The maximum Gasteiger partial charge on any atom is 0.316 e. The predicted octanol–water partition coefficient (Wildman–Crippen LogP) is 2.37. The fraction of sp³-hybridized carbons (Fsp3) is 0.462. The van der Waals surface area contributed by atoms with Gasteiger partial charge in [-0.25, -0.2) is 0 Å². The number of carbonyl (C=O) groups is 1. The second-order valence-electron chi connectivity index (χ2n) is 5.37. The Morgan fingerprint density at radius 3 is 2.63 bits per heavy atom. The molecule has 102 valence electrons. The van der Waals surface area contributed by atoms with Crippen molar-refractivity contribution < 1.29 is 18.7 Å². The molecule has 0 radical (unpaired) electrons. The minimum atomic E-state index is -1.01. The Balaban J connectivity index is 2.25. The highest BCUT2D eigenvalue weighted by molar-refractivity contribution is 5.74. The van der Waals surface area contributed by atoms with Gasteiger partial charge in [-0.3, -0.25) is 4.79 Å². The van der Waals surface area contributed by atoms with E-state index in [1.165, 1.54) is 6.26 Å². The van der Waals surface area contributed by atoms with Crippen LogP contribution in [-0.4, -0.2) is 21.3 Å². The van der Waals surface area contributed by atoms with Crippen LogP contribution >= 0.6 is 0 Å². The summed E-state index contributed by atoms with van der Waals surface area (Å²) >= 11 is 0. The second-order valence-corrected chi connectivity index (χ2v) is 5.37.